The van der Waals surface area contributed by atoms with Gasteiger partial charge in [-0.2, -0.15) is 13.2 Å². The number of nitrogens with zero attached hydrogens (tertiary/aromatic N) is 3. The van der Waals surface area contributed by atoms with Crippen LogP contribution in [-0.4, -0.2) is 59.4 Å². The van der Waals surface area contributed by atoms with Gasteiger partial charge in [0.1, 0.15) is 0 Å². The topological polar surface area (TPSA) is 93.2 Å². The number of hydrogen-bond donors (Lipinski definition) is 4. The van der Waals surface area contributed by atoms with Crippen molar-refractivity contribution < 1.29 is 39.4 Å². The first-order valence-corrected chi connectivity index (χ1v) is 13.2. The summed E-state index contributed by atoms with van der Waals surface area (Å²) in [7, 11) is 1.89. The van der Waals surface area contributed by atoms with Gasteiger partial charge in [0, 0.05) is 0 Å². The van der Waals surface area contributed by atoms with Crippen LogP contribution in [0.3, 0.4) is 0 Å². The van der Waals surface area contributed by atoms with Gasteiger partial charge in [0.2, 0.25) is 0 Å². The number of likely N-dealkylation sites (N-methyl/N-ethyl adjacent to an activating group) is 1. The fourth-order valence-corrected chi connectivity index (χ4v) is 6.75. The molecule has 0 radical (unpaired) electrons. The number of carbonyl (C=O) groups excluding carboxylic acids is 1. The number of anilines is 1. The molecule has 1 saturated heterocycles. The maximum absolute atomic E-state index is 13.0. The second kappa shape index (κ2) is 10.5. The van der Waals surface area contributed by atoms with Gasteiger partial charge in [0.25, 0.3) is 0 Å². The first-order valence-electron chi connectivity index (χ1n) is 10.5. The Bertz CT molecular complexity index is 1060. The van der Waals surface area contributed by atoms with Crippen LogP contribution in [0.2, 0.25) is 5.02 Å². The van der Waals surface area contributed by atoms with Crippen LogP contribution in [-0.2, 0) is 6.18 Å². The van der Waals surface area contributed by atoms with E-state index in [4.69, 9.17) is 11.6 Å². The zero-order chi connectivity index (χ0) is 24.3. The van der Waals surface area contributed by atoms with Crippen molar-refractivity contribution in [1.82, 2.24) is 19.1 Å². The minimum atomic E-state index is -4.61. The first-order chi connectivity index (χ1) is 16.3. The molecule has 4 rings (SSSR count). The average Bonchev–Trinajstić information content (AvgIpc) is 3.38. The van der Waals surface area contributed by atoms with E-state index >= 15 is 0 Å². The van der Waals surface area contributed by atoms with Gasteiger partial charge in [-0.3, -0.25) is 0 Å². The first kappa shape index (κ1) is 24.8. The second-order valence-electron chi connectivity index (χ2n) is 7.70. The normalized spacial score (nSPS) is 25.0. The van der Waals surface area contributed by atoms with Crippen molar-refractivity contribution in [2.75, 3.05) is 25.5 Å². The molecule has 1 fully saturated rings. The Morgan fingerprint density at radius 1 is 1.38 bits per heavy atom. The number of rotatable bonds is 6. The second-order valence-corrected chi connectivity index (χ2v) is 10.5. The number of amides is 2. The molecule has 3 atom stereocenters. The zero-order valence-electron chi connectivity index (χ0n) is 18.0. The molecule has 1 aromatic rings. The van der Waals surface area contributed by atoms with Crippen molar-refractivity contribution in [3.8, 4) is 0 Å². The van der Waals surface area contributed by atoms with E-state index in [2.05, 4.69) is 34.4 Å². The van der Waals surface area contributed by atoms with Crippen LogP contribution in [0.1, 0.15) is 12.0 Å². The fourth-order valence-electron chi connectivity index (χ4n) is 3.65. The molecule has 2 heterocycles. The predicted molar refractivity (Wildman–Crippen MR) is 122 cm³/mol. The monoisotopic (exact) mass is 608 g/mol. The number of aliphatic imine (C=N–C) groups is 2. The Morgan fingerprint density at radius 3 is 2.91 bits per heavy atom. The van der Waals surface area contributed by atoms with Crippen LogP contribution in [0, 0.1) is 0 Å². The Morgan fingerprint density at radius 2 is 2.21 bits per heavy atom. The summed E-state index contributed by atoms with van der Waals surface area (Å²) in [4.78, 5) is 23.8. The summed E-state index contributed by atoms with van der Waals surface area (Å²) in [6.45, 7) is 1.52. The molecular weight excluding hydrogens is 586 g/mol. The number of fused-ring (bicyclic) bond motifs is 1. The maximum atomic E-state index is 13.0. The van der Waals surface area contributed by atoms with Crippen molar-refractivity contribution in [1.29, 1.82) is 0 Å². The summed E-state index contributed by atoms with van der Waals surface area (Å²) in [6.07, 6.45) is 3.61. The summed E-state index contributed by atoms with van der Waals surface area (Å²) < 4.78 is 42.8. The molecule has 34 heavy (non-hydrogen) atoms. The molecule has 4 N–H and O–H groups in total. The van der Waals surface area contributed by atoms with Crippen LogP contribution in [0.15, 0.2) is 52.1 Å². The summed E-state index contributed by atoms with van der Waals surface area (Å²) in [5, 5.41) is 7.73. The minimum absolute atomic E-state index is 0.00309. The standard InChI is InChI=1S/C21H23ClF3IN7O/c1-27-8-9-28-19-17-18(26-32-19)33(11-29-17)14-5-2-12(3-6-14)30-20(34)31-13-4-7-16(22)15(10-13)21(23,24)25/h2-5,7,10-11,14,17-18,27H,6,8-9H2,1H3,(H,28,32)(H2,30,31,34)/q-1. The third kappa shape index (κ3) is 5.66. The molecule has 13 heteroatoms. The molecule has 0 aromatic heterocycles. The van der Waals surface area contributed by atoms with Crippen molar-refractivity contribution in [2.24, 2.45) is 9.98 Å². The molecule has 3 unspecified atom stereocenters. The van der Waals surface area contributed by atoms with Gasteiger partial charge in [-0.1, -0.05) is 11.6 Å². The van der Waals surface area contributed by atoms with Crippen molar-refractivity contribution in [3.63, 3.8) is 0 Å². The number of halogens is 5. The van der Waals surface area contributed by atoms with E-state index < -0.39 is 22.8 Å². The van der Waals surface area contributed by atoms with E-state index in [-0.39, 0.29) is 39.2 Å². The summed E-state index contributed by atoms with van der Waals surface area (Å²) in [6, 6.07) is 2.75. The summed E-state index contributed by atoms with van der Waals surface area (Å²) >= 11 is 5.30. The van der Waals surface area contributed by atoms with Crippen molar-refractivity contribution >= 4 is 35.5 Å². The van der Waals surface area contributed by atoms with Crippen LogP contribution < -0.4 is 41.0 Å². The number of allylic oxidation sites excluding steroid dienone is 1. The Labute approximate surface area is 210 Å². The molecule has 0 saturated carbocycles. The van der Waals surface area contributed by atoms with Crippen LogP contribution in [0.25, 0.3) is 0 Å². The Hall–Kier alpha value is -2.32. The Kier molecular flexibility index (Phi) is 7.67. The van der Waals surface area contributed by atoms with Crippen LogP contribution in [0.5, 0.6) is 0 Å². The number of amidine groups is 1. The van der Waals surface area contributed by atoms with Crippen LogP contribution in [0.4, 0.5) is 23.7 Å². The molecular formula is C21H23ClF3IN7O-. The molecule has 8 nitrogen and oxygen atoms in total. The molecule has 1 aliphatic carbocycles. The van der Waals surface area contributed by atoms with E-state index in [0.717, 1.165) is 24.5 Å². The van der Waals surface area contributed by atoms with Crippen molar-refractivity contribution in [2.45, 2.75) is 28.7 Å². The van der Waals surface area contributed by atoms with E-state index in [9.17, 15) is 18.0 Å². The third-order valence-electron chi connectivity index (χ3n) is 5.34. The fraction of sp³-hybridized carbons (Fsp3) is 0.381. The number of hydrogen-bond acceptors (Lipinski definition) is 5. The van der Waals surface area contributed by atoms with E-state index in [1.807, 2.05) is 25.5 Å². The summed E-state index contributed by atoms with van der Waals surface area (Å²) in [5.41, 5.74) is -0.437. The number of alkyl halides is 4. The molecule has 1 aromatic carbocycles. The van der Waals surface area contributed by atoms with E-state index in [1.54, 1.807) is 6.08 Å². The predicted octanol–water partition coefficient (Wildman–Crippen LogP) is -0.0436. The van der Waals surface area contributed by atoms with Gasteiger partial charge in [0.15, 0.2) is 0 Å². The molecule has 0 spiro atoms. The zero-order valence-corrected chi connectivity index (χ0v) is 20.9. The van der Waals surface area contributed by atoms with Gasteiger partial charge < -0.3 is 0 Å². The Balaban J connectivity index is 1.31. The number of nitrogens with one attached hydrogen (secondary N) is 4. The number of carbonyl (C=O) groups is 1. The van der Waals surface area contributed by atoms with Crippen LogP contribution >= 0.6 is 11.6 Å². The third-order valence-corrected chi connectivity index (χ3v) is 8.50. The average molecular weight is 609 g/mol. The molecule has 0 bridgehead atoms. The SMILES string of the molecule is CNCCN=C1N[I-]C2C1N=CN2C1C=CC(NC(=O)Nc2ccc(Cl)c(C(F)(F)F)c2)=CC1. The van der Waals surface area contributed by atoms with Gasteiger partial charge in [0.05, 0.1) is 5.02 Å². The number of benzene rings is 1. The quantitative estimate of drug-likeness (QED) is 0.120. The molecule has 184 valence electrons. The summed E-state index contributed by atoms with van der Waals surface area (Å²) in [5.74, 6) is 0.956. The van der Waals surface area contributed by atoms with Gasteiger partial charge in [-0.05, 0) is 0 Å². The van der Waals surface area contributed by atoms with E-state index in [1.165, 1.54) is 6.07 Å². The molecule has 2 amide bonds. The van der Waals surface area contributed by atoms with Gasteiger partial charge in [-0.15, -0.1) is 0 Å². The number of urea groups is 1. The molecule has 3 aliphatic rings. The molecule has 2 aliphatic heterocycles. The van der Waals surface area contributed by atoms with Crippen molar-refractivity contribution in [3.05, 3.63) is 52.7 Å². The van der Waals surface area contributed by atoms with Gasteiger partial charge >= 0.3 is 181 Å². The van der Waals surface area contributed by atoms with Gasteiger partial charge in [-0.25, -0.2) is 0 Å². The van der Waals surface area contributed by atoms with E-state index in [0.29, 0.717) is 22.7 Å².